The lowest BCUT2D eigenvalue weighted by Crippen LogP contribution is -2.51. The highest BCUT2D eigenvalue weighted by atomic mass is 35.5. The summed E-state index contributed by atoms with van der Waals surface area (Å²) in [5, 5.41) is 3.66. The summed E-state index contributed by atoms with van der Waals surface area (Å²) in [6.07, 6.45) is 6.07. The summed E-state index contributed by atoms with van der Waals surface area (Å²) in [5.74, 6) is 0.280. The zero-order valence-electron chi connectivity index (χ0n) is 23.1. The van der Waals surface area contributed by atoms with Crippen molar-refractivity contribution in [1.82, 2.24) is 10.2 Å². The molecule has 1 saturated carbocycles. The minimum Gasteiger partial charge on any atom is -0.494 e. The second-order valence-electron chi connectivity index (χ2n) is 9.89. The van der Waals surface area contributed by atoms with Gasteiger partial charge < -0.3 is 15.0 Å². The molecule has 0 spiro atoms. The molecule has 2 aromatic rings. The molecule has 0 aromatic heterocycles. The van der Waals surface area contributed by atoms with Gasteiger partial charge in [0, 0.05) is 30.6 Å². The highest BCUT2D eigenvalue weighted by Crippen LogP contribution is 2.24. The van der Waals surface area contributed by atoms with Crippen LogP contribution in [0.15, 0.2) is 48.5 Å². The first-order chi connectivity index (χ1) is 18.6. The molecular weight excluding hydrogens is 538 g/mol. The second kappa shape index (κ2) is 14.6. The van der Waals surface area contributed by atoms with E-state index in [2.05, 4.69) is 5.32 Å². The van der Waals surface area contributed by atoms with Gasteiger partial charge in [-0.3, -0.25) is 13.9 Å². The van der Waals surface area contributed by atoms with Gasteiger partial charge in [0.25, 0.3) is 0 Å². The van der Waals surface area contributed by atoms with E-state index in [1.807, 2.05) is 32.0 Å². The van der Waals surface area contributed by atoms with Crippen molar-refractivity contribution in [3.8, 4) is 5.75 Å². The first kappa shape index (κ1) is 30.8. The fraction of sp³-hybridized carbons (Fsp3) is 0.517. The van der Waals surface area contributed by atoms with Crippen LogP contribution in [-0.4, -0.2) is 56.6 Å². The number of hydrogen-bond donors (Lipinski definition) is 1. The van der Waals surface area contributed by atoms with E-state index >= 15 is 0 Å². The Kier molecular flexibility index (Phi) is 11.5. The molecule has 2 aromatic carbocycles. The number of nitrogens with one attached hydrogen (secondary N) is 1. The first-order valence-corrected chi connectivity index (χ1v) is 15.9. The van der Waals surface area contributed by atoms with Gasteiger partial charge in [-0.15, -0.1) is 0 Å². The Hall–Kier alpha value is -2.78. The molecular formula is C29H40ClN3O5S. The van der Waals surface area contributed by atoms with Crippen LogP contribution in [0.4, 0.5) is 5.69 Å². The highest BCUT2D eigenvalue weighted by Gasteiger charge is 2.31. The molecule has 10 heteroatoms. The maximum absolute atomic E-state index is 13.6. The van der Waals surface area contributed by atoms with Gasteiger partial charge in [-0.1, -0.05) is 49.6 Å². The van der Waals surface area contributed by atoms with Gasteiger partial charge in [0.2, 0.25) is 21.8 Å². The molecule has 0 radical (unpaired) electrons. The van der Waals surface area contributed by atoms with Crippen LogP contribution < -0.4 is 14.4 Å². The molecule has 1 atom stereocenters. The second-order valence-corrected chi connectivity index (χ2v) is 12.2. The van der Waals surface area contributed by atoms with Crippen LogP contribution >= 0.6 is 11.6 Å². The van der Waals surface area contributed by atoms with Crippen LogP contribution in [0.3, 0.4) is 0 Å². The molecule has 1 fully saturated rings. The van der Waals surface area contributed by atoms with Crippen molar-refractivity contribution >= 4 is 39.1 Å². The third-order valence-corrected chi connectivity index (χ3v) is 8.54. The van der Waals surface area contributed by atoms with Crippen LogP contribution in [0.2, 0.25) is 5.02 Å². The third kappa shape index (κ3) is 8.86. The fourth-order valence-corrected chi connectivity index (χ4v) is 6.14. The fourth-order valence-electron chi connectivity index (χ4n) is 4.98. The van der Waals surface area contributed by atoms with E-state index < -0.39 is 16.1 Å². The van der Waals surface area contributed by atoms with Gasteiger partial charge in [-0.2, -0.15) is 0 Å². The van der Waals surface area contributed by atoms with Crippen LogP contribution in [0.1, 0.15) is 64.4 Å². The quantitative estimate of drug-likeness (QED) is 0.335. The summed E-state index contributed by atoms with van der Waals surface area (Å²) < 4.78 is 31.9. The molecule has 2 amide bonds. The standard InChI is InChI=1S/C29H40ClN3O5S/c1-4-27(29(35)31-23-12-7-8-13-23)32(21-22-11-6-9-14-26(22)30)28(34)15-10-20-33(39(3,36)37)24-16-18-25(19-17-24)38-5-2/h6,9,11,14,16-19,23,27H,4-5,7-8,10,12-13,15,20-21H2,1-3H3,(H,31,35)/t27-/m1/s1. The number of ether oxygens (including phenoxy) is 1. The number of carbonyl (C=O) groups excluding carboxylic acids is 2. The normalized spacial score (nSPS) is 14.6. The minimum atomic E-state index is -3.58. The van der Waals surface area contributed by atoms with Crippen molar-refractivity contribution in [3.63, 3.8) is 0 Å². The Labute approximate surface area is 237 Å². The SMILES string of the molecule is CCOc1ccc(N(CCCC(=O)N(Cc2ccccc2Cl)[C@H](CC)C(=O)NC2CCCC2)S(C)(=O)=O)cc1. The van der Waals surface area contributed by atoms with Crippen molar-refractivity contribution in [2.75, 3.05) is 23.7 Å². The Morgan fingerprint density at radius 3 is 2.33 bits per heavy atom. The van der Waals surface area contributed by atoms with Gasteiger partial charge in [-0.25, -0.2) is 8.42 Å². The van der Waals surface area contributed by atoms with Crippen molar-refractivity contribution in [1.29, 1.82) is 0 Å². The number of sulfonamides is 1. The van der Waals surface area contributed by atoms with E-state index in [0.717, 1.165) is 37.5 Å². The van der Waals surface area contributed by atoms with Crippen molar-refractivity contribution < 1.29 is 22.7 Å². The number of hydrogen-bond acceptors (Lipinski definition) is 5. The molecule has 0 bridgehead atoms. The minimum absolute atomic E-state index is 0.0840. The summed E-state index contributed by atoms with van der Waals surface area (Å²) in [6.45, 7) is 4.61. The number of amides is 2. The van der Waals surface area contributed by atoms with Crippen LogP contribution in [0.5, 0.6) is 5.75 Å². The molecule has 0 unspecified atom stereocenters. The summed E-state index contributed by atoms with van der Waals surface area (Å²) in [6, 6.07) is 13.6. The van der Waals surface area contributed by atoms with Gasteiger partial charge in [0.1, 0.15) is 11.8 Å². The van der Waals surface area contributed by atoms with E-state index in [1.165, 1.54) is 4.31 Å². The molecule has 3 rings (SSSR count). The maximum atomic E-state index is 13.6. The lowest BCUT2D eigenvalue weighted by Gasteiger charge is -2.32. The maximum Gasteiger partial charge on any atom is 0.243 e. The van der Waals surface area contributed by atoms with Gasteiger partial charge >= 0.3 is 0 Å². The predicted octanol–water partition coefficient (Wildman–Crippen LogP) is 5.15. The average Bonchev–Trinajstić information content (AvgIpc) is 3.40. The molecule has 0 heterocycles. The van der Waals surface area contributed by atoms with Gasteiger partial charge in [0.05, 0.1) is 18.6 Å². The Bertz CT molecular complexity index is 1200. The first-order valence-electron chi connectivity index (χ1n) is 13.7. The topological polar surface area (TPSA) is 96.0 Å². The monoisotopic (exact) mass is 577 g/mol. The number of anilines is 1. The summed E-state index contributed by atoms with van der Waals surface area (Å²) in [4.78, 5) is 28.5. The Balaban J connectivity index is 1.75. The Morgan fingerprint density at radius 2 is 1.74 bits per heavy atom. The van der Waals surface area contributed by atoms with Crippen molar-refractivity contribution in [2.45, 2.75) is 77.4 Å². The van der Waals surface area contributed by atoms with Crippen molar-refractivity contribution in [2.24, 2.45) is 0 Å². The molecule has 8 nitrogen and oxygen atoms in total. The highest BCUT2D eigenvalue weighted by molar-refractivity contribution is 7.92. The summed E-state index contributed by atoms with van der Waals surface area (Å²) in [7, 11) is -3.58. The van der Waals surface area contributed by atoms with Crippen LogP contribution in [0, 0.1) is 0 Å². The molecule has 0 aliphatic heterocycles. The summed E-state index contributed by atoms with van der Waals surface area (Å²) in [5.41, 5.74) is 1.26. The van der Waals surface area contributed by atoms with Gasteiger partial charge in [0.15, 0.2) is 0 Å². The lowest BCUT2D eigenvalue weighted by molar-refractivity contribution is -0.141. The van der Waals surface area contributed by atoms with E-state index in [-0.39, 0.29) is 37.4 Å². The van der Waals surface area contributed by atoms with E-state index in [4.69, 9.17) is 16.3 Å². The van der Waals surface area contributed by atoms with Crippen LogP contribution in [-0.2, 0) is 26.2 Å². The largest absolute Gasteiger partial charge is 0.494 e. The third-order valence-electron chi connectivity index (χ3n) is 6.97. The number of rotatable bonds is 14. The summed E-state index contributed by atoms with van der Waals surface area (Å²) >= 11 is 6.41. The zero-order valence-corrected chi connectivity index (χ0v) is 24.6. The van der Waals surface area contributed by atoms with Crippen molar-refractivity contribution in [3.05, 3.63) is 59.1 Å². The number of carbonyl (C=O) groups is 2. The molecule has 39 heavy (non-hydrogen) atoms. The number of halogens is 1. The van der Waals surface area contributed by atoms with E-state index in [1.54, 1.807) is 35.2 Å². The smallest absolute Gasteiger partial charge is 0.243 e. The van der Waals surface area contributed by atoms with E-state index in [9.17, 15) is 18.0 Å². The Morgan fingerprint density at radius 1 is 1.08 bits per heavy atom. The molecule has 1 aliphatic rings. The zero-order chi connectivity index (χ0) is 28.4. The number of nitrogens with zero attached hydrogens (tertiary/aromatic N) is 2. The van der Waals surface area contributed by atoms with E-state index in [0.29, 0.717) is 35.9 Å². The van der Waals surface area contributed by atoms with Crippen LogP contribution in [0.25, 0.3) is 0 Å². The molecule has 1 aliphatic carbocycles. The number of benzene rings is 2. The predicted molar refractivity (Wildman–Crippen MR) is 156 cm³/mol. The molecule has 0 saturated heterocycles. The molecule has 1 N–H and O–H groups in total. The van der Waals surface area contributed by atoms with Gasteiger partial charge in [-0.05, 0) is 68.5 Å². The molecule has 214 valence electrons. The average molecular weight is 578 g/mol. The lowest BCUT2D eigenvalue weighted by atomic mass is 10.1.